The minimum absolute atomic E-state index is 0.112. The summed E-state index contributed by atoms with van der Waals surface area (Å²) in [7, 11) is 0. The van der Waals surface area contributed by atoms with Gasteiger partial charge in [-0.05, 0) is 42.9 Å². The molecule has 1 aromatic carbocycles. The highest BCUT2D eigenvalue weighted by Gasteiger charge is 2.27. The number of unbranched alkanes of at least 4 members (excludes halogenated alkanes) is 1. The Balaban J connectivity index is 1.96. The number of hydrogen-bond donors (Lipinski definition) is 0. The van der Waals surface area contributed by atoms with E-state index in [1.807, 2.05) is 12.1 Å². The molecule has 1 aliphatic rings. The van der Waals surface area contributed by atoms with E-state index in [9.17, 15) is 4.79 Å². The van der Waals surface area contributed by atoms with Gasteiger partial charge in [0.2, 0.25) is 0 Å². The monoisotopic (exact) mass is 260 g/mol. The van der Waals surface area contributed by atoms with Gasteiger partial charge >= 0.3 is 0 Å². The van der Waals surface area contributed by atoms with Crippen LogP contribution in [0.3, 0.4) is 0 Å². The summed E-state index contributed by atoms with van der Waals surface area (Å²) in [4.78, 5) is 12.1. The lowest BCUT2D eigenvalue weighted by Gasteiger charge is -2.25. The molecule has 1 aliphatic carbocycles. The minimum Gasteiger partial charge on any atom is -0.494 e. The van der Waals surface area contributed by atoms with Gasteiger partial charge < -0.3 is 4.74 Å². The molecule has 1 saturated carbocycles. The van der Waals surface area contributed by atoms with Crippen molar-refractivity contribution < 1.29 is 9.53 Å². The third-order valence-corrected chi connectivity index (χ3v) is 3.94. The Hall–Kier alpha value is -1.31. The van der Waals surface area contributed by atoms with Crippen molar-refractivity contribution in [3.05, 3.63) is 29.8 Å². The SMILES string of the molecule is CCCCOc1ccc([C@@H]2CC[C@@H](C)CC2=O)cc1. The van der Waals surface area contributed by atoms with Crippen LogP contribution < -0.4 is 4.74 Å². The van der Waals surface area contributed by atoms with Gasteiger partial charge in [0.1, 0.15) is 11.5 Å². The molecule has 0 radical (unpaired) electrons. The first-order chi connectivity index (χ1) is 9.20. The fourth-order valence-electron chi connectivity index (χ4n) is 2.68. The van der Waals surface area contributed by atoms with E-state index >= 15 is 0 Å². The fourth-order valence-corrected chi connectivity index (χ4v) is 2.68. The van der Waals surface area contributed by atoms with Crippen molar-refractivity contribution in [2.24, 2.45) is 5.92 Å². The van der Waals surface area contributed by atoms with Gasteiger partial charge in [0.15, 0.2) is 0 Å². The van der Waals surface area contributed by atoms with Crippen LogP contribution in [0.5, 0.6) is 5.75 Å². The van der Waals surface area contributed by atoms with Crippen LogP contribution >= 0.6 is 0 Å². The molecule has 1 aromatic rings. The van der Waals surface area contributed by atoms with Gasteiger partial charge in [-0.1, -0.05) is 32.4 Å². The molecule has 19 heavy (non-hydrogen) atoms. The fraction of sp³-hybridized carbons (Fsp3) is 0.588. The summed E-state index contributed by atoms with van der Waals surface area (Å²) in [5.74, 6) is 1.98. The predicted molar refractivity (Wildman–Crippen MR) is 77.6 cm³/mol. The Labute approximate surface area is 116 Å². The zero-order valence-electron chi connectivity index (χ0n) is 12.0. The van der Waals surface area contributed by atoms with Gasteiger partial charge in [0.05, 0.1) is 6.61 Å². The summed E-state index contributed by atoms with van der Waals surface area (Å²) in [5, 5.41) is 0. The van der Waals surface area contributed by atoms with Gasteiger partial charge in [-0.25, -0.2) is 0 Å². The number of carbonyl (C=O) groups excluding carboxylic acids is 1. The highest BCUT2D eigenvalue weighted by Crippen LogP contribution is 2.33. The Morgan fingerprint density at radius 3 is 2.58 bits per heavy atom. The second-order valence-corrected chi connectivity index (χ2v) is 5.68. The molecule has 0 aromatic heterocycles. The molecule has 0 bridgehead atoms. The van der Waals surface area contributed by atoms with Gasteiger partial charge in [-0.2, -0.15) is 0 Å². The van der Waals surface area contributed by atoms with Gasteiger partial charge in [0.25, 0.3) is 0 Å². The van der Waals surface area contributed by atoms with E-state index in [1.54, 1.807) is 0 Å². The van der Waals surface area contributed by atoms with Crippen molar-refractivity contribution >= 4 is 5.78 Å². The van der Waals surface area contributed by atoms with Crippen LogP contribution in [0.15, 0.2) is 24.3 Å². The summed E-state index contributed by atoms with van der Waals surface area (Å²) < 4.78 is 5.65. The van der Waals surface area contributed by atoms with E-state index < -0.39 is 0 Å². The van der Waals surface area contributed by atoms with E-state index in [2.05, 4.69) is 26.0 Å². The average Bonchev–Trinajstić information content (AvgIpc) is 2.40. The summed E-state index contributed by atoms with van der Waals surface area (Å²) in [6, 6.07) is 8.10. The molecule has 0 amide bonds. The normalized spacial score (nSPS) is 23.4. The lowest BCUT2D eigenvalue weighted by atomic mass is 9.78. The topological polar surface area (TPSA) is 26.3 Å². The molecule has 0 saturated heterocycles. The Bertz CT molecular complexity index is 408. The molecule has 2 rings (SSSR count). The molecule has 2 nitrogen and oxygen atoms in total. The smallest absolute Gasteiger partial charge is 0.140 e. The van der Waals surface area contributed by atoms with Crippen molar-refractivity contribution in [1.82, 2.24) is 0 Å². The molecular weight excluding hydrogens is 236 g/mol. The predicted octanol–water partition coefficient (Wildman–Crippen LogP) is 4.34. The lowest BCUT2D eigenvalue weighted by molar-refractivity contribution is -0.123. The third-order valence-electron chi connectivity index (χ3n) is 3.94. The maximum absolute atomic E-state index is 12.1. The van der Waals surface area contributed by atoms with E-state index in [0.717, 1.165) is 50.0 Å². The van der Waals surface area contributed by atoms with Crippen LogP contribution in [0.4, 0.5) is 0 Å². The van der Waals surface area contributed by atoms with Gasteiger partial charge in [-0.15, -0.1) is 0 Å². The van der Waals surface area contributed by atoms with Crippen LogP contribution in [0, 0.1) is 5.92 Å². The molecule has 2 heteroatoms. The number of Topliss-reactive ketones (excluding diaryl/α,β-unsaturated/α-hetero) is 1. The third kappa shape index (κ3) is 3.82. The van der Waals surface area contributed by atoms with Crippen molar-refractivity contribution in [3.8, 4) is 5.75 Å². The average molecular weight is 260 g/mol. The van der Waals surface area contributed by atoms with Crippen LogP contribution in [0.25, 0.3) is 0 Å². The zero-order chi connectivity index (χ0) is 13.7. The molecule has 1 fully saturated rings. The Morgan fingerprint density at radius 1 is 1.21 bits per heavy atom. The quantitative estimate of drug-likeness (QED) is 0.736. The standard InChI is InChI=1S/C17H24O2/c1-3-4-11-19-15-8-6-14(7-9-15)16-10-5-13(2)12-17(16)18/h6-9,13,16H,3-5,10-12H2,1-2H3/t13-,16+/m1/s1. The first-order valence-electron chi connectivity index (χ1n) is 7.46. The van der Waals surface area contributed by atoms with E-state index in [1.165, 1.54) is 0 Å². The number of ether oxygens (including phenoxy) is 1. The molecule has 0 N–H and O–H groups in total. The Morgan fingerprint density at radius 2 is 1.95 bits per heavy atom. The van der Waals surface area contributed by atoms with E-state index in [0.29, 0.717) is 11.7 Å². The van der Waals surface area contributed by atoms with Crippen molar-refractivity contribution in [2.75, 3.05) is 6.61 Å². The number of benzene rings is 1. The second kappa shape index (κ2) is 6.74. The summed E-state index contributed by atoms with van der Waals surface area (Å²) in [5.41, 5.74) is 1.15. The van der Waals surface area contributed by atoms with Crippen LogP contribution in [-0.2, 0) is 4.79 Å². The van der Waals surface area contributed by atoms with Gasteiger partial charge in [-0.3, -0.25) is 4.79 Å². The summed E-state index contributed by atoms with van der Waals surface area (Å²) in [6.45, 7) is 5.09. The van der Waals surface area contributed by atoms with Crippen LogP contribution in [-0.4, -0.2) is 12.4 Å². The molecule has 0 aliphatic heterocycles. The zero-order valence-corrected chi connectivity index (χ0v) is 12.0. The van der Waals surface area contributed by atoms with Crippen LogP contribution in [0.2, 0.25) is 0 Å². The van der Waals surface area contributed by atoms with Crippen molar-refractivity contribution in [3.63, 3.8) is 0 Å². The van der Waals surface area contributed by atoms with Crippen molar-refractivity contribution in [1.29, 1.82) is 0 Å². The summed E-state index contributed by atoms with van der Waals surface area (Å²) >= 11 is 0. The largest absolute Gasteiger partial charge is 0.494 e. The number of ketones is 1. The molecule has 104 valence electrons. The molecule has 0 spiro atoms. The summed E-state index contributed by atoms with van der Waals surface area (Å²) in [6.07, 6.45) is 5.12. The minimum atomic E-state index is 0.112. The Kier molecular flexibility index (Phi) is 5.00. The maximum atomic E-state index is 12.1. The number of carbonyl (C=O) groups is 1. The second-order valence-electron chi connectivity index (χ2n) is 5.68. The van der Waals surface area contributed by atoms with E-state index in [-0.39, 0.29) is 5.92 Å². The van der Waals surface area contributed by atoms with E-state index in [4.69, 9.17) is 4.74 Å². The molecule has 2 atom stereocenters. The molecule has 0 heterocycles. The first-order valence-corrected chi connectivity index (χ1v) is 7.46. The molecule has 0 unspecified atom stereocenters. The highest BCUT2D eigenvalue weighted by molar-refractivity contribution is 5.86. The number of hydrogen-bond acceptors (Lipinski definition) is 2. The first kappa shape index (κ1) is 14.1. The van der Waals surface area contributed by atoms with Crippen LogP contribution in [0.1, 0.15) is 57.4 Å². The number of rotatable bonds is 5. The maximum Gasteiger partial charge on any atom is 0.140 e. The van der Waals surface area contributed by atoms with Gasteiger partial charge in [0, 0.05) is 12.3 Å². The van der Waals surface area contributed by atoms with Crippen molar-refractivity contribution in [2.45, 2.75) is 51.9 Å². The lowest BCUT2D eigenvalue weighted by Crippen LogP contribution is -2.21. The highest BCUT2D eigenvalue weighted by atomic mass is 16.5. The molecular formula is C17H24O2.